The minimum Gasteiger partial charge on any atom is -0.504 e. The molecular weight excluding hydrogens is 312 g/mol. The summed E-state index contributed by atoms with van der Waals surface area (Å²) in [6, 6.07) is 4.43. The van der Waals surface area contributed by atoms with Gasteiger partial charge < -0.3 is 14.9 Å². The van der Waals surface area contributed by atoms with Gasteiger partial charge in [0.25, 0.3) is 0 Å². The third-order valence-electron chi connectivity index (χ3n) is 4.73. The second-order valence-corrected chi connectivity index (χ2v) is 6.63. The molecule has 6 nitrogen and oxygen atoms in total. The highest BCUT2D eigenvalue weighted by Crippen LogP contribution is 2.47. The number of Topliss-reactive ketones (excluding diaryl/α,β-unsaturated/α-hetero) is 3. The topological polar surface area (TPSA) is 101 Å². The van der Waals surface area contributed by atoms with Crippen LogP contribution in [0.25, 0.3) is 0 Å². The molecule has 1 aliphatic rings. The number of aliphatic hydroxyl groups is 1. The lowest BCUT2D eigenvalue weighted by Crippen LogP contribution is -2.53. The van der Waals surface area contributed by atoms with E-state index in [1.807, 2.05) is 0 Å². The Morgan fingerprint density at radius 2 is 1.88 bits per heavy atom. The van der Waals surface area contributed by atoms with E-state index in [1.165, 1.54) is 40.0 Å². The molecule has 2 rings (SSSR count). The van der Waals surface area contributed by atoms with Crippen LogP contribution in [0.3, 0.4) is 0 Å². The smallest absolute Gasteiger partial charge is 0.160 e. The van der Waals surface area contributed by atoms with Gasteiger partial charge in [-0.2, -0.15) is 0 Å². The van der Waals surface area contributed by atoms with E-state index in [0.29, 0.717) is 5.56 Å². The second kappa shape index (κ2) is 6.36. The number of carbonyl (C=O) groups is 3. The van der Waals surface area contributed by atoms with Crippen LogP contribution in [0.5, 0.6) is 11.5 Å². The zero-order valence-electron chi connectivity index (χ0n) is 14.2. The second-order valence-electron chi connectivity index (χ2n) is 6.63. The number of benzene rings is 1. The van der Waals surface area contributed by atoms with Gasteiger partial charge in [0.15, 0.2) is 11.5 Å². The van der Waals surface area contributed by atoms with Gasteiger partial charge in [0.05, 0.1) is 24.5 Å². The van der Waals surface area contributed by atoms with Crippen LogP contribution in [0.4, 0.5) is 0 Å². The Kier molecular flexibility index (Phi) is 4.80. The number of ether oxygens (including phenoxy) is 1. The van der Waals surface area contributed by atoms with Gasteiger partial charge in [-0.05, 0) is 38.5 Å². The van der Waals surface area contributed by atoms with Crippen molar-refractivity contribution in [2.45, 2.75) is 38.7 Å². The molecule has 0 bridgehead atoms. The van der Waals surface area contributed by atoms with Crippen LogP contribution in [-0.2, 0) is 14.4 Å². The first-order valence-electron chi connectivity index (χ1n) is 7.73. The van der Waals surface area contributed by atoms with E-state index in [4.69, 9.17) is 4.74 Å². The summed E-state index contributed by atoms with van der Waals surface area (Å²) in [6.07, 6.45) is -0.243. The lowest BCUT2D eigenvalue weighted by molar-refractivity contribution is -0.151. The number of phenolic OH excluding ortho intramolecular Hbond substituents is 1. The third-order valence-corrected chi connectivity index (χ3v) is 4.73. The largest absolute Gasteiger partial charge is 0.504 e. The van der Waals surface area contributed by atoms with Gasteiger partial charge in [-0.1, -0.05) is 6.07 Å². The number of methoxy groups -OCH3 is 1. The molecule has 6 heteroatoms. The van der Waals surface area contributed by atoms with Crippen molar-refractivity contribution in [1.82, 2.24) is 0 Å². The van der Waals surface area contributed by atoms with E-state index in [9.17, 15) is 24.6 Å². The molecule has 130 valence electrons. The number of hydrogen-bond acceptors (Lipinski definition) is 6. The van der Waals surface area contributed by atoms with Crippen LogP contribution in [-0.4, -0.2) is 40.3 Å². The average Bonchev–Trinajstić information content (AvgIpc) is 2.44. The average molecular weight is 334 g/mol. The molecule has 0 aromatic heterocycles. The van der Waals surface area contributed by atoms with Crippen molar-refractivity contribution in [3.63, 3.8) is 0 Å². The molecule has 0 amide bonds. The minimum absolute atomic E-state index is 0.0890. The van der Waals surface area contributed by atoms with Gasteiger partial charge in [0.2, 0.25) is 0 Å². The van der Waals surface area contributed by atoms with Gasteiger partial charge in [-0.3, -0.25) is 14.4 Å². The predicted octanol–water partition coefficient (Wildman–Crippen LogP) is 1.62. The molecular formula is C18H22O6. The van der Waals surface area contributed by atoms with Gasteiger partial charge >= 0.3 is 0 Å². The number of aromatic hydroxyl groups is 1. The highest BCUT2D eigenvalue weighted by atomic mass is 16.5. The van der Waals surface area contributed by atoms with Crippen molar-refractivity contribution in [3.05, 3.63) is 23.8 Å². The Morgan fingerprint density at radius 1 is 1.25 bits per heavy atom. The van der Waals surface area contributed by atoms with E-state index in [0.717, 1.165) is 0 Å². The highest BCUT2D eigenvalue weighted by molar-refractivity contribution is 6.05. The Balaban J connectivity index is 2.67. The standard InChI is InChI=1S/C18H22O6/c1-9(19)15-13(22)8-18(3,23)17(10(2)20)16(15)11-5-6-12(21)14(7-11)24-4/h5-7,15-17,21,23H,8H2,1-4H3. The fourth-order valence-corrected chi connectivity index (χ4v) is 3.81. The Bertz CT molecular complexity index is 691. The molecule has 1 aliphatic carbocycles. The molecule has 1 fully saturated rings. The van der Waals surface area contributed by atoms with E-state index in [1.54, 1.807) is 6.07 Å². The Morgan fingerprint density at radius 3 is 2.38 bits per heavy atom. The molecule has 0 spiro atoms. The number of hydrogen-bond donors (Lipinski definition) is 2. The summed E-state index contributed by atoms with van der Waals surface area (Å²) in [5, 5.41) is 20.4. The molecule has 24 heavy (non-hydrogen) atoms. The lowest BCUT2D eigenvalue weighted by atomic mass is 9.60. The maximum absolute atomic E-state index is 12.5. The molecule has 1 aromatic carbocycles. The number of rotatable bonds is 4. The molecule has 0 aliphatic heterocycles. The first-order valence-corrected chi connectivity index (χ1v) is 7.73. The predicted molar refractivity (Wildman–Crippen MR) is 86.0 cm³/mol. The number of phenols is 1. The summed E-state index contributed by atoms with van der Waals surface area (Å²) in [5.74, 6) is -3.65. The van der Waals surface area contributed by atoms with Gasteiger partial charge in [-0.25, -0.2) is 0 Å². The zero-order valence-corrected chi connectivity index (χ0v) is 14.2. The summed E-state index contributed by atoms with van der Waals surface area (Å²) >= 11 is 0. The summed E-state index contributed by atoms with van der Waals surface area (Å²) < 4.78 is 5.08. The van der Waals surface area contributed by atoms with E-state index >= 15 is 0 Å². The van der Waals surface area contributed by atoms with Crippen LogP contribution in [0, 0.1) is 11.8 Å². The van der Waals surface area contributed by atoms with Crippen molar-refractivity contribution >= 4 is 17.3 Å². The normalized spacial score (nSPS) is 30.0. The van der Waals surface area contributed by atoms with E-state index in [-0.39, 0.29) is 35.3 Å². The maximum atomic E-state index is 12.5. The SMILES string of the molecule is COc1cc(C2C(C(C)=O)C(=O)CC(C)(O)C2C(C)=O)ccc1O. The number of carbonyl (C=O) groups excluding carboxylic acids is 3. The quantitative estimate of drug-likeness (QED) is 0.812. The Hall–Kier alpha value is -2.21. The number of ketones is 3. The fraction of sp³-hybridized carbons (Fsp3) is 0.500. The third kappa shape index (κ3) is 3.06. The zero-order chi connectivity index (χ0) is 18.2. The molecule has 0 heterocycles. The highest BCUT2D eigenvalue weighted by Gasteiger charge is 2.53. The lowest BCUT2D eigenvalue weighted by Gasteiger charge is -2.44. The van der Waals surface area contributed by atoms with Gasteiger partial charge in [0, 0.05) is 12.3 Å². The maximum Gasteiger partial charge on any atom is 0.160 e. The molecule has 2 N–H and O–H groups in total. The van der Waals surface area contributed by atoms with Crippen LogP contribution < -0.4 is 4.74 Å². The molecule has 4 atom stereocenters. The van der Waals surface area contributed by atoms with Crippen LogP contribution >= 0.6 is 0 Å². The van der Waals surface area contributed by atoms with Gasteiger partial charge in [-0.15, -0.1) is 0 Å². The van der Waals surface area contributed by atoms with Crippen LogP contribution in [0.2, 0.25) is 0 Å². The molecule has 1 aromatic rings. The van der Waals surface area contributed by atoms with Crippen molar-refractivity contribution in [2.75, 3.05) is 7.11 Å². The first-order chi connectivity index (χ1) is 11.1. The molecule has 0 radical (unpaired) electrons. The Labute approximate surface area is 140 Å². The summed E-state index contributed by atoms with van der Waals surface area (Å²) in [5.41, 5.74) is -1.04. The molecule has 4 unspecified atom stereocenters. The summed E-state index contributed by atoms with van der Waals surface area (Å²) in [6.45, 7) is 4.10. The van der Waals surface area contributed by atoms with Crippen LogP contribution in [0.1, 0.15) is 38.7 Å². The summed E-state index contributed by atoms with van der Waals surface area (Å²) in [4.78, 5) is 36.8. The van der Waals surface area contributed by atoms with Crippen molar-refractivity contribution < 1.29 is 29.3 Å². The molecule has 1 saturated carbocycles. The van der Waals surface area contributed by atoms with Gasteiger partial charge in [0.1, 0.15) is 17.3 Å². The van der Waals surface area contributed by atoms with Crippen molar-refractivity contribution in [2.24, 2.45) is 11.8 Å². The fourth-order valence-electron chi connectivity index (χ4n) is 3.81. The van der Waals surface area contributed by atoms with Crippen LogP contribution in [0.15, 0.2) is 18.2 Å². The minimum atomic E-state index is -1.54. The van der Waals surface area contributed by atoms with E-state index in [2.05, 4.69) is 0 Å². The first kappa shape index (κ1) is 18.1. The summed E-state index contributed by atoms with van der Waals surface area (Å²) in [7, 11) is 1.38. The van der Waals surface area contributed by atoms with Crippen molar-refractivity contribution in [1.29, 1.82) is 0 Å². The van der Waals surface area contributed by atoms with Crippen molar-refractivity contribution in [3.8, 4) is 11.5 Å². The van der Waals surface area contributed by atoms with E-state index < -0.39 is 23.4 Å². The monoisotopic (exact) mass is 334 g/mol. The molecule has 0 saturated heterocycles.